The van der Waals surface area contributed by atoms with Crippen molar-refractivity contribution in [2.75, 3.05) is 18.9 Å². The molecule has 0 fully saturated rings. The molecule has 2 aromatic carbocycles. The van der Waals surface area contributed by atoms with Crippen LogP contribution >= 0.6 is 11.8 Å². The first-order valence-corrected chi connectivity index (χ1v) is 14.4. The number of nitrogens with two attached hydrogens (primary N) is 1. The zero-order valence-electron chi connectivity index (χ0n) is 18.9. The van der Waals surface area contributed by atoms with Gasteiger partial charge in [0, 0.05) is 18.5 Å². The molecule has 33 heavy (non-hydrogen) atoms. The summed E-state index contributed by atoms with van der Waals surface area (Å²) in [7, 11) is -2.42. The van der Waals surface area contributed by atoms with Crippen molar-refractivity contribution in [2.45, 2.75) is 30.8 Å². The normalized spacial score (nSPS) is 18.0. The summed E-state index contributed by atoms with van der Waals surface area (Å²) < 4.78 is 14.3. The van der Waals surface area contributed by atoms with Crippen LogP contribution in [0, 0.1) is 6.92 Å². The van der Waals surface area contributed by atoms with Gasteiger partial charge >= 0.3 is 5.69 Å². The van der Waals surface area contributed by atoms with Crippen LogP contribution in [0.2, 0.25) is 6.55 Å². The second-order valence-electron chi connectivity index (χ2n) is 8.08. The number of hydrogen-bond acceptors (Lipinski definition) is 6. The predicted octanol–water partition coefficient (Wildman–Crippen LogP) is 2.46. The number of thioether (sulfide) groups is 1. The summed E-state index contributed by atoms with van der Waals surface area (Å²) in [5.41, 5.74) is 6.17. The van der Waals surface area contributed by atoms with Crippen LogP contribution in [-0.2, 0) is 9.16 Å². The highest BCUT2D eigenvalue weighted by Gasteiger charge is 2.35. The molecule has 2 N–H and O–H groups in total. The summed E-state index contributed by atoms with van der Waals surface area (Å²) in [5.74, 6) is 0.724. The molecule has 8 heteroatoms. The largest absolute Gasteiger partial charge is 0.405 e. The van der Waals surface area contributed by atoms with E-state index in [0.29, 0.717) is 13.2 Å². The lowest BCUT2D eigenvalue weighted by Gasteiger charge is -2.30. The van der Waals surface area contributed by atoms with Gasteiger partial charge in [-0.2, -0.15) is 4.98 Å². The van der Waals surface area contributed by atoms with Gasteiger partial charge in [-0.05, 0) is 35.5 Å². The molecule has 1 aromatic heterocycles. The molecule has 2 atom stereocenters. The molecular formula is C25H29N3O3SSi. The molecule has 172 valence electrons. The van der Waals surface area contributed by atoms with Crippen molar-refractivity contribution in [3.8, 4) is 0 Å². The number of aryl methyl sites for hydroxylation is 1. The lowest BCUT2D eigenvalue weighted by Crippen LogP contribution is -2.59. The van der Waals surface area contributed by atoms with Crippen LogP contribution in [0.4, 0.5) is 0 Å². The van der Waals surface area contributed by atoms with E-state index in [1.54, 1.807) is 6.20 Å². The van der Waals surface area contributed by atoms with Crippen molar-refractivity contribution in [1.29, 1.82) is 0 Å². The molecule has 2 heterocycles. The van der Waals surface area contributed by atoms with E-state index >= 15 is 0 Å². The lowest BCUT2D eigenvalue weighted by molar-refractivity contribution is -0.00640. The molecule has 0 saturated heterocycles. The fraction of sp³-hybridized carbons (Fsp3) is 0.280. The molecule has 0 unspecified atom stereocenters. The summed E-state index contributed by atoms with van der Waals surface area (Å²) in [6.45, 7) is 5.10. The Balaban J connectivity index is 1.48. The van der Waals surface area contributed by atoms with Gasteiger partial charge in [-0.15, -0.1) is 11.8 Å². The van der Waals surface area contributed by atoms with E-state index in [4.69, 9.17) is 14.9 Å². The van der Waals surface area contributed by atoms with Gasteiger partial charge in [0.25, 0.3) is 8.32 Å². The van der Waals surface area contributed by atoms with Crippen LogP contribution in [0.3, 0.4) is 0 Å². The Labute approximate surface area is 199 Å². The minimum Gasteiger partial charge on any atom is -0.405 e. The van der Waals surface area contributed by atoms with Crippen molar-refractivity contribution in [2.24, 2.45) is 5.73 Å². The second kappa shape index (κ2) is 10.6. The van der Waals surface area contributed by atoms with Gasteiger partial charge in [-0.3, -0.25) is 4.57 Å². The first kappa shape index (κ1) is 23.7. The van der Waals surface area contributed by atoms with Gasteiger partial charge in [0.1, 0.15) is 11.1 Å². The fourth-order valence-electron chi connectivity index (χ4n) is 3.87. The van der Waals surface area contributed by atoms with Gasteiger partial charge in [-0.25, -0.2) is 4.79 Å². The molecule has 4 rings (SSSR count). The minimum absolute atomic E-state index is 0.243. The molecular weight excluding hydrogens is 450 g/mol. The molecule has 0 amide bonds. The number of ether oxygens (including phenoxy) is 1. The van der Waals surface area contributed by atoms with Gasteiger partial charge in [0.15, 0.2) is 6.23 Å². The van der Waals surface area contributed by atoms with Crippen LogP contribution in [0.1, 0.15) is 11.8 Å². The van der Waals surface area contributed by atoms with Crippen LogP contribution in [0.5, 0.6) is 0 Å². The van der Waals surface area contributed by atoms with Crippen LogP contribution in [-0.4, -0.2) is 42.9 Å². The maximum atomic E-state index is 12.6. The third kappa shape index (κ3) is 5.37. The molecule has 1 aliphatic rings. The third-order valence-corrected chi connectivity index (χ3v) is 10.4. The highest BCUT2D eigenvalue weighted by molar-refractivity contribution is 7.99. The first-order valence-electron chi connectivity index (χ1n) is 11.0. The standard InChI is InChI=1S/C25H29N3O3SSi/c1-19-17-28(25(29)27-24(19)32-16-15-26)23-14-13-20(31-23)18-30-33(2,21-9-5-3-6-10-21)22-11-7-4-8-12-22/h3-14,17,20,23H,15-16,18,26H2,1-2H3/t20-,23+/m0/s1. The smallest absolute Gasteiger partial charge is 0.351 e. The van der Waals surface area contributed by atoms with E-state index in [-0.39, 0.29) is 11.8 Å². The molecule has 0 bridgehead atoms. The Morgan fingerprint density at radius 3 is 2.33 bits per heavy atom. The Morgan fingerprint density at radius 1 is 1.09 bits per heavy atom. The molecule has 0 radical (unpaired) electrons. The van der Waals surface area contributed by atoms with Gasteiger partial charge in [-0.1, -0.05) is 66.7 Å². The maximum Gasteiger partial charge on any atom is 0.351 e. The topological polar surface area (TPSA) is 79.4 Å². The SMILES string of the molecule is Cc1cn([C@H]2C=C[C@@H](CO[Si](C)(c3ccccc3)c3ccccc3)O2)c(=O)nc1SCCN. The molecule has 1 aliphatic heterocycles. The maximum absolute atomic E-state index is 12.6. The average molecular weight is 480 g/mol. The van der Waals surface area contributed by atoms with Gasteiger partial charge in [0.2, 0.25) is 0 Å². The molecule has 0 aliphatic carbocycles. The zero-order chi connectivity index (χ0) is 23.3. The Kier molecular flexibility index (Phi) is 7.62. The van der Waals surface area contributed by atoms with E-state index < -0.39 is 14.5 Å². The van der Waals surface area contributed by atoms with E-state index in [9.17, 15) is 4.79 Å². The van der Waals surface area contributed by atoms with Gasteiger partial charge in [0.05, 0.1) is 6.61 Å². The monoisotopic (exact) mass is 479 g/mol. The Bertz CT molecular complexity index is 1120. The van der Waals surface area contributed by atoms with Crippen molar-refractivity contribution in [3.05, 3.63) is 95.1 Å². The zero-order valence-corrected chi connectivity index (χ0v) is 20.7. The average Bonchev–Trinajstić information content (AvgIpc) is 3.33. The summed E-state index contributed by atoms with van der Waals surface area (Å²) in [5, 5.41) is 3.13. The molecule has 0 saturated carbocycles. The fourth-order valence-corrected chi connectivity index (χ4v) is 7.43. The van der Waals surface area contributed by atoms with E-state index in [1.807, 2.05) is 55.5 Å². The number of aromatic nitrogens is 2. The van der Waals surface area contributed by atoms with E-state index in [1.165, 1.54) is 26.7 Å². The number of hydrogen-bond donors (Lipinski definition) is 1. The Hall–Kier alpha value is -2.49. The highest BCUT2D eigenvalue weighted by Crippen LogP contribution is 2.23. The highest BCUT2D eigenvalue weighted by atomic mass is 32.2. The second-order valence-corrected chi connectivity index (χ2v) is 12.7. The minimum atomic E-state index is -2.42. The molecule has 0 spiro atoms. The lowest BCUT2D eigenvalue weighted by atomic mass is 10.3. The van der Waals surface area contributed by atoms with E-state index in [2.05, 4.69) is 35.8 Å². The third-order valence-electron chi connectivity index (χ3n) is 5.71. The van der Waals surface area contributed by atoms with Crippen molar-refractivity contribution >= 4 is 30.5 Å². The molecule has 6 nitrogen and oxygen atoms in total. The van der Waals surface area contributed by atoms with Crippen LogP contribution < -0.4 is 21.8 Å². The van der Waals surface area contributed by atoms with Crippen molar-refractivity contribution in [3.63, 3.8) is 0 Å². The van der Waals surface area contributed by atoms with Crippen molar-refractivity contribution < 1.29 is 9.16 Å². The number of nitrogens with zero attached hydrogens (tertiary/aromatic N) is 2. The summed E-state index contributed by atoms with van der Waals surface area (Å²) in [4.78, 5) is 16.8. The quantitative estimate of drug-likeness (QED) is 0.220. The van der Waals surface area contributed by atoms with Crippen LogP contribution in [0.25, 0.3) is 0 Å². The molecule has 3 aromatic rings. The predicted molar refractivity (Wildman–Crippen MR) is 136 cm³/mol. The van der Waals surface area contributed by atoms with E-state index in [0.717, 1.165) is 16.3 Å². The van der Waals surface area contributed by atoms with Gasteiger partial charge < -0.3 is 14.9 Å². The van der Waals surface area contributed by atoms with Crippen LogP contribution in [0.15, 0.2) is 88.8 Å². The summed E-state index contributed by atoms with van der Waals surface area (Å²) in [6, 6.07) is 20.7. The Morgan fingerprint density at radius 2 is 1.73 bits per heavy atom. The summed E-state index contributed by atoms with van der Waals surface area (Å²) in [6.07, 6.45) is 4.93. The first-order chi connectivity index (χ1) is 16.0. The summed E-state index contributed by atoms with van der Waals surface area (Å²) >= 11 is 1.50. The van der Waals surface area contributed by atoms with Crippen molar-refractivity contribution in [1.82, 2.24) is 9.55 Å². The number of rotatable bonds is 9. The number of benzene rings is 2.